The van der Waals surface area contributed by atoms with E-state index in [1.54, 1.807) is 7.11 Å². The summed E-state index contributed by atoms with van der Waals surface area (Å²) in [5, 5.41) is 9.61. The van der Waals surface area contributed by atoms with E-state index in [2.05, 4.69) is 18.2 Å². The minimum Gasteiger partial charge on any atom is -0.496 e. The first kappa shape index (κ1) is 20.4. The molecule has 4 saturated carbocycles. The average molecular weight is 417 g/mol. The smallest absolute Gasteiger partial charge is 0.335 e. The van der Waals surface area contributed by atoms with Crippen LogP contribution in [-0.4, -0.2) is 18.2 Å². The van der Waals surface area contributed by atoms with E-state index < -0.39 is 5.97 Å². The zero-order chi connectivity index (χ0) is 21.4. The Morgan fingerprint density at radius 2 is 1.68 bits per heavy atom. The Morgan fingerprint density at radius 1 is 1.03 bits per heavy atom. The number of hydrogen-bond donors (Lipinski definition) is 1. The van der Waals surface area contributed by atoms with Crippen LogP contribution in [0.15, 0.2) is 54.6 Å². The van der Waals surface area contributed by atoms with Crippen LogP contribution in [0.3, 0.4) is 0 Å². The lowest BCUT2D eigenvalue weighted by Crippen LogP contribution is -2.48. The van der Waals surface area contributed by atoms with Gasteiger partial charge in [0.1, 0.15) is 5.75 Å². The predicted molar refractivity (Wildman–Crippen MR) is 123 cm³/mol. The molecule has 0 unspecified atom stereocenters. The summed E-state index contributed by atoms with van der Waals surface area (Å²) in [6.07, 6.45) is 11.7. The standard InChI is InChI=1S/C28H32O3/c1-31-26-15-19(6-5-9-24(27(29)30)23-7-3-2-4-8-23)10-11-25(26)28-16-20-12-21(17-28)14-22(13-20)18-28/h2-4,7-11,15,20-22H,5-6,12-14,16-18H2,1H3,(H,29,30)/b24-9+. The molecule has 0 saturated heterocycles. The van der Waals surface area contributed by atoms with Crippen molar-refractivity contribution in [1.29, 1.82) is 0 Å². The molecule has 31 heavy (non-hydrogen) atoms. The van der Waals surface area contributed by atoms with Gasteiger partial charge >= 0.3 is 5.97 Å². The summed E-state index contributed by atoms with van der Waals surface area (Å²) in [6, 6.07) is 16.1. The normalized spacial score (nSPS) is 29.2. The van der Waals surface area contributed by atoms with E-state index in [1.807, 2.05) is 36.4 Å². The van der Waals surface area contributed by atoms with E-state index in [4.69, 9.17) is 4.74 Å². The number of aliphatic carboxylic acids is 1. The van der Waals surface area contributed by atoms with Crippen molar-refractivity contribution in [3.05, 3.63) is 71.3 Å². The SMILES string of the molecule is COc1cc(CC/C=C(/C(=O)O)c2ccccc2)ccc1C12CC3CC(CC(C3)C1)C2. The largest absolute Gasteiger partial charge is 0.496 e. The maximum atomic E-state index is 11.7. The number of carboxylic acid groups (broad SMARTS) is 1. The summed E-state index contributed by atoms with van der Waals surface area (Å²) in [5.74, 6) is 2.89. The van der Waals surface area contributed by atoms with Crippen molar-refractivity contribution in [3.63, 3.8) is 0 Å². The molecular formula is C28H32O3. The second kappa shape index (κ2) is 8.18. The zero-order valence-corrected chi connectivity index (χ0v) is 18.3. The molecule has 4 aliphatic carbocycles. The van der Waals surface area contributed by atoms with E-state index in [0.717, 1.165) is 35.5 Å². The first-order valence-electron chi connectivity index (χ1n) is 11.7. The number of carboxylic acids is 1. The fourth-order valence-corrected chi connectivity index (χ4v) is 7.10. The molecule has 1 N–H and O–H groups in total. The maximum absolute atomic E-state index is 11.7. The van der Waals surface area contributed by atoms with Crippen LogP contribution in [0.25, 0.3) is 5.57 Å². The molecule has 2 aromatic rings. The van der Waals surface area contributed by atoms with Crippen LogP contribution in [0.4, 0.5) is 0 Å². The second-order valence-electron chi connectivity index (χ2n) is 10.1. The molecule has 4 aliphatic rings. The molecule has 0 heterocycles. The van der Waals surface area contributed by atoms with Crippen LogP contribution in [0.5, 0.6) is 5.75 Å². The molecule has 2 aromatic carbocycles. The summed E-state index contributed by atoms with van der Waals surface area (Å²) >= 11 is 0. The summed E-state index contributed by atoms with van der Waals surface area (Å²) in [5.41, 5.74) is 4.08. The summed E-state index contributed by atoms with van der Waals surface area (Å²) in [4.78, 5) is 11.7. The van der Waals surface area contributed by atoms with E-state index in [0.29, 0.717) is 17.4 Å². The Hall–Kier alpha value is -2.55. The van der Waals surface area contributed by atoms with Gasteiger partial charge in [-0.2, -0.15) is 0 Å². The van der Waals surface area contributed by atoms with Crippen molar-refractivity contribution >= 4 is 11.5 Å². The molecule has 0 aliphatic heterocycles. The molecular weight excluding hydrogens is 384 g/mol. The lowest BCUT2D eigenvalue weighted by molar-refractivity contribution is -0.130. The van der Waals surface area contributed by atoms with Gasteiger partial charge in [-0.15, -0.1) is 0 Å². The van der Waals surface area contributed by atoms with Gasteiger partial charge < -0.3 is 9.84 Å². The Balaban J connectivity index is 1.34. The number of carbonyl (C=O) groups is 1. The Labute approximate surface area is 185 Å². The van der Waals surface area contributed by atoms with Gasteiger partial charge in [-0.05, 0) is 91.7 Å². The summed E-state index contributed by atoms with van der Waals surface area (Å²) in [7, 11) is 1.79. The molecule has 3 nitrogen and oxygen atoms in total. The fraction of sp³-hybridized carbons (Fsp3) is 0.464. The van der Waals surface area contributed by atoms with E-state index >= 15 is 0 Å². The van der Waals surface area contributed by atoms with Crippen molar-refractivity contribution in [2.75, 3.05) is 7.11 Å². The quantitative estimate of drug-likeness (QED) is 0.542. The Morgan fingerprint density at radius 3 is 2.26 bits per heavy atom. The van der Waals surface area contributed by atoms with Crippen molar-refractivity contribution in [2.24, 2.45) is 17.8 Å². The topological polar surface area (TPSA) is 46.5 Å². The minimum atomic E-state index is -0.874. The number of methoxy groups -OCH3 is 1. The molecule has 4 bridgehead atoms. The third-order valence-corrected chi connectivity index (χ3v) is 7.97. The van der Waals surface area contributed by atoms with Gasteiger partial charge in [-0.1, -0.05) is 48.5 Å². The first-order valence-corrected chi connectivity index (χ1v) is 11.7. The van der Waals surface area contributed by atoms with Crippen molar-refractivity contribution in [1.82, 2.24) is 0 Å². The number of benzene rings is 2. The van der Waals surface area contributed by atoms with Crippen molar-refractivity contribution < 1.29 is 14.6 Å². The Bertz CT molecular complexity index is 953. The number of aryl methyl sites for hydroxylation is 1. The highest BCUT2D eigenvalue weighted by atomic mass is 16.5. The third kappa shape index (κ3) is 3.91. The van der Waals surface area contributed by atoms with Crippen LogP contribution < -0.4 is 4.74 Å². The van der Waals surface area contributed by atoms with Gasteiger partial charge in [-0.25, -0.2) is 4.79 Å². The van der Waals surface area contributed by atoms with Crippen LogP contribution in [-0.2, 0) is 16.6 Å². The number of ether oxygens (including phenoxy) is 1. The molecule has 0 amide bonds. The van der Waals surface area contributed by atoms with Gasteiger partial charge in [0.2, 0.25) is 0 Å². The van der Waals surface area contributed by atoms with E-state index in [-0.39, 0.29) is 0 Å². The van der Waals surface area contributed by atoms with Crippen LogP contribution in [0.2, 0.25) is 0 Å². The van der Waals surface area contributed by atoms with Crippen LogP contribution in [0, 0.1) is 17.8 Å². The number of rotatable bonds is 7. The van der Waals surface area contributed by atoms with Gasteiger partial charge in [0.05, 0.1) is 12.7 Å². The molecule has 3 heteroatoms. The monoisotopic (exact) mass is 416 g/mol. The lowest BCUT2D eigenvalue weighted by atomic mass is 9.48. The molecule has 0 spiro atoms. The summed E-state index contributed by atoms with van der Waals surface area (Å²) in [6.45, 7) is 0. The highest BCUT2D eigenvalue weighted by Gasteiger charge is 2.52. The highest BCUT2D eigenvalue weighted by molar-refractivity contribution is 6.15. The summed E-state index contributed by atoms with van der Waals surface area (Å²) < 4.78 is 5.90. The molecule has 0 aromatic heterocycles. The lowest BCUT2D eigenvalue weighted by Gasteiger charge is -2.57. The van der Waals surface area contributed by atoms with E-state index in [9.17, 15) is 9.90 Å². The highest BCUT2D eigenvalue weighted by Crippen LogP contribution is 2.61. The fourth-order valence-electron chi connectivity index (χ4n) is 7.10. The first-order chi connectivity index (χ1) is 15.1. The molecule has 4 fully saturated rings. The zero-order valence-electron chi connectivity index (χ0n) is 18.3. The van der Waals surface area contributed by atoms with Gasteiger partial charge in [0.25, 0.3) is 0 Å². The predicted octanol–water partition coefficient (Wildman–Crippen LogP) is 6.26. The van der Waals surface area contributed by atoms with Crippen LogP contribution in [0.1, 0.15) is 61.6 Å². The van der Waals surface area contributed by atoms with Gasteiger partial charge in [0, 0.05) is 5.56 Å². The van der Waals surface area contributed by atoms with E-state index in [1.165, 1.54) is 49.7 Å². The van der Waals surface area contributed by atoms with Crippen molar-refractivity contribution in [3.8, 4) is 5.75 Å². The Kier molecular flexibility index (Phi) is 5.37. The second-order valence-corrected chi connectivity index (χ2v) is 10.1. The third-order valence-electron chi connectivity index (χ3n) is 7.97. The number of allylic oxidation sites excluding steroid dienone is 1. The van der Waals surface area contributed by atoms with Gasteiger partial charge in [-0.3, -0.25) is 0 Å². The minimum absolute atomic E-state index is 0.322. The number of hydrogen-bond acceptors (Lipinski definition) is 2. The van der Waals surface area contributed by atoms with Crippen LogP contribution >= 0.6 is 0 Å². The molecule has 162 valence electrons. The average Bonchev–Trinajstić information content (AvgIpc) is 2.76. The van der Waals surface area contributed by atoms with Gasteiger partial charge in [0.15, 0.2) is 0 Å². The molecule has 6 rings (SSSR count). The molecule has 0 atom stereocenters. The van der Waals surface area contributed by atoms with Crippen molar-refractivity contribution in [2.45, 2.75) is 56.8 Å². The molecule has 0 radical (unpaired) electrons. The maximum Gasteiger partial charge on any atom is 0.335 e.